The van der Waals surface area contributed by atoms with Crippen molar-refractivity contribution in [3.8, 4) is 0 Å². The van der Waals surface area contributed by atoms with Crippen LogP contribution in [0, 0.1) is 0 Å². The van der Waals surface area contributed by atoms with E-state index in [0.29, 0.717) is 5.92 Å². The summed E-state index contributed by atoms with van der Waals surface area (Å²) in [7, 11) is 0. The monoisotopic (exact) mass is 309 g/mol. The van der Waals surface area contributed by atoms with Gasteiger partial charge in [0.2, 0.25) is 0 Å². The molecule has 0 unspecified atom stereocenters. The van der Waals surface area contributed by atoms with E-state index in [1.165, 1.54) is 21.3 Å². The van der Waals surface area contributed by atoms with E-state index in [0.717, 1.165) is 0 Å². The second-order valence-corrected chi connectivity index (χ2v) is 5.47. The third-order valence-electron chi connectivity index (χ3n) is 2.38. The fraction of sp³-hybridized carbons (Fsp3) is 0.600. The molecule has 1 nitrogen and oxygen atoms in total. The number of nitrogens with two attached hydrogens (primary N) is 1. The first-order chi connectivity index (χ1) is 6.16. The molecule has 1 heterocycles. The van der Waals surface area contributed by atoms with E-state index in [4.69, 9.17) is 5.73 Å². The van der Waals surface area contributed by atoms with E-state index >= 15 is 0 Å². The van der Waals surface area contributed by atoms with Crippen molar-refractivity contribution >= 4 is 33.9 Å². The molecule has 13 heavy (non-hydrogen) atoms. The number of aryl methyl sites for hydroxylation is 1. The van der Waals surface area contributed by atoms with Crippen molar-refractivity contribution in [1.82, 2.24) is 0 Å². The van der Waals surface area contributed by atoms with Crippen LogP contribution < -0.4 is 5.73 Å². The molecule has 1 aromatic rings. The largest absolute Gasteiger partial charge is 0.327 e. The molecule has 0 saturated carbocycles. The minimum Gasteiger partial charge on any atom is -0.327 e. The summed E-state index contributed by atoms with van der Waals surface area (Å²) in [5, 5.41) is 2.18. The van der Waals surface area contributed by atoms with Gasteiger partial charge in [0, 0.05) is 15.3 Å². The lowest BCUT2D eigenvalue weighted by Gasteiger charge is -2.16. The molecule has 0 bridgehead atoms. The summed E-state index contributed by atoms with van der Waals surface area (Å²) < 4.78 is 1.19. The van der Waals surface area contributed by atoms with Gasteiger partial charge in [-0.2, -0.15) is 0 Å². The van der Waals surface area contributed by atoms with Crippen molar-refractivity contribution in [1.29, 1.82) is 0 Å². The zero-order valence-electron chi connectivity index (χ0n) is 8.09. The molecule has 0 saturated heterocycles. The minimum atomic E-state index is 0.252. The lowest BCUT2D eigenvalue weighted by molar-refractivity contribution is 0.611. The van der Waals surface area contributed by atoms with Crippen molar-refractivity contribution < 1.29 is 0 Å². The average Bonchev–Trinajstić information content (AvgIpc) is 2.52. The van der Waals surface area contributed by atoms with Crippen LogP contribution in [0.4, 0.5) is 0 Å². The van der Waals surface area contributed by atoms with Gasteiger partial charge in [0.15, 0.2) is 0 Å². The van der Waals surface area contributed by atoms with Crippen LogP contribution in [-0.2, 0) is 6.42 Å². The average molecular weight is 309 g/mol. The van der Waals surface area contributed by atoms with Gasteiger partial charge in [-0.25, -0.2) is 0 Å². The van der Waals surface area contributed by atoms with Crippen molar-refractivity contribution in [2.75, 3.05) is 4.43 Å². The van der Waals surface area contributed by atoms with Gasteiger partial charge in [0.1, 0.15) is 0 Å². The molecule has 0 radical (unpaired) electrons. The van der Waals surface area contributed by atoms with Crippen molar-refractivity contribution in [3.05, 3.63) is 21.9 Å². The maximum atomic E-state index is 5.89. The zero-order valence-corrected chi connectivity index (χ0v) is 11.1. The maximum Gasteiger partial charge on any atom is 0.00881 e. The highest BCUT2D eigenvalue weighted by Crippen LogP contribution is 2.27. The molecular formula is C10H16INS. The van der Waals surface area contributed by atoms with Gasteiger partial charge in [-0.05, 0) is 36.3 Å². The second kappa shape index (κ2) is 5.32. The van der Waals surface area contributed by atoms with Crippen LogP contribution in [0.1, 0.15) is 30.2 Å². The minimum absolute atomic E-state index is 0.252. The Hall–Kier alpha value is 0.390. The van der Waals surface area contributed by atoms with Gasteiger partial charge in [-0.3, -0.25) is 0 Å². The number of hydrogen-bond acceptors (Lipinski definition) is 2. The summed E-state index contributed by atoms with van der Waals surface area (Å²) in [6.45, 7) is 4.29. The van der Waals surface area contributed by atoms with E-state index in [9.17, 15) is 0 Å². The quantitative estimate of drug-likeness (QED) is 0.671. The van der Waals surface area contributed by atoms with E-state index in [1.54, 1.807) is 0 Å². The molecule has 2 N–H and O–H groups in total. The molecule has 0 aromatic carbocycles. The van der Waals surface area contributed by atoms with Crippen molar-refractivity contribution in [3.63, 3.8) is 0 Å². The molecular weight excluding hydrogens is 293 g/mol. The topological polar surface area (TPSA) is 26.0 Å². The van der Waals surface area contributed by atoms with Crippen LogP contribution in [0.2, 0.25) is 0 Å². The first-order valence-electron chi connectivity index (χ1n) is 4.54. The predicted octanol–water partition coefficient (Wildman–Crippen LogP) is 3.18. The Kier molecular flexibility index (Phi) is 4.69. The molecule has 1 rings (SSSR count). The predicted molar refractivity (Wildman–Crippen MR) is 69.0 cm³/mol. The SMILES string of the molecule is C[C@H](N)[C@@H](C)c1ccsc1CCI. The second-order valence-electron chi connectivity index (χ2n) is 3.39. The lowest BCUT2D eigenvalue weighted by Crippen LogP contribution is -2.22. The number of thiophene rings is 1. The van der Waals surface area contributed by atoms with Crippen LogP contribution in [0.3, 0.4) is 0 Å². The van der Waals surface area contributed by atoms with E-state index < -0.39 is 0 Å². The third-order valence-corrected chi connectivity index (χ3v) is 3.92. The molecule has 0 fully saturated rings. The normalized spacial score (nSPS) is 15.7. The highest BCUT2D eigenvalue weighted by molar-refractivity contribution is 14.1. The molecule has 0 aliphatic carbocycles. The van der Waals surface area contributed by atoms with Gasteiger partial charge < -0.3 is 5.73 Å². The standard InChI is InChI=1S/C10H16INS/c1-7(8(2)12)9-4-6-13-10(9)3-5-11/h4,6-8H,3,5,12H2,1-2H3/t7-,8+/m1/s1. The van der Waals surface area contributed by atoms with Crippen molar-refractivity contribution in [2.45, 2.75) is 32.2 Å². The maximum absolute atomic E-state index is 5.89. The molecule has 74 valence electrons. The van der Waals surface area contributed by atoms with Crippen LogP contribution >= 0.6 is 33.9 Å². The number of halogens is 1. The fourth-order valence-electron chi connectivity index (χ4n) is 1.33. The summed E-state index contributed by atoms with van der Waals surface area (Å²) in [5.74, 6) is 0.490. The van der Waals surface area contributed by atoms with Crippen LogP contribution in [0.15, 0.2) is 11.4 Å². The van der Waals surface area contributed by atoms with Gasteiger partial charge >= 0.3 is 0 Å². The highest BCUT2D eigenvalue weighted by atomic mass is 127. The molecule has 0 aliphatic heterocycles. The van der Waals surface area contributed by atoms with Gasteiger partial charge in [0.05, 0.1) is 0 Å². The molecule has 0 aliphatic rings. The molecule has 2 atom stereocenters. The first-order valence-corrected chi connectivity index (χ1v) is 6.95. The first kappa shape index (κ1) is 11.5. The summed E-state index contributed by atoms with van der Waals surface area (Å²) in [5.41, 5.74) is 7.35. The van der Waals surface area contributed by atoms with Gasteiger partial charge in [-0.15, -0.1) is 11.3 Å². The van der Waals surface area contributed by atoms with E-state index in [1.807, 2.05) is 11.3 Å². The summed E-state index contributed by atoms with van der Waals surface area (Å²) in [6.07, 6.45) is 1.19. The Morgan fingerprint density at radius 2 is 2.23 bits per heavy atom. The highest BCUT2D eigenvalue weighted by Gasteiger charge is 2.14. The number of hydrogen-bond donors (Lipinski definition) is 1. The number of rotatable bonds is 4. The lowest BCUT2D eigenvalue weighted by atomic mass is 9.95. The summed E-state index contributed by atoms with van der Waals surface area (Å²) >= 11 is 4.28. The molecule has 0 amide bonds. The van der Waals surface area contributed by atoms with Crippen LogP contribution in [0.25, 0.3) is 0 Å². The van der Waals surface area contributed by atoms with Gasteiger partial charge in [-0.1, -0.05) is 29.5 Å². The Balaban J connectivity index is 2.80. The summed E-state index contributed by atoms with van der Waals surface area (Å²) in [4.78, 5) is 1.51. The molecule has 3 heteroatoms. The van der Waals surface area contributed by atoms with Gasteiger partial charge in [0.25, 0.3) is 0 Å². The number of alkyl halides is 1. The van der Waals surface area contributed by atoms with Crippen LogP contribution in [-0.4, -0.2) is 10.5 Å². The van der Waals surface area contributed by atoms with Crippen molar-refractivity contribution in [2.24, 2.45) is 5.73 Å². The Morgan fingerprint density at radius 1 is 1.54 bits per heavy atom. The Morgan fingerprint density at radius 3 is 2.77 bits per heavy atom. The van der Waals surface area contributed by atoms with E-state index in [-0.39, 0.29) is 6.04 Å². The fourth-order valence-corrected chi connectivity index (χ4v) is 3.22. The van der Waals surface area contributed by atoms with Crippen LogP contribution in [0.5, 0.6) is 0 Å². The Labute approximate surface area is 97.9 Å². The Bertz CT molecular complexity index is 257. The zero-order chi connectivity index (χ0) is 9.84. The third kappa shape index (κ3) is 2.92. The molecule has 0 spiro atoms. The van der Waals surface area contributed by atoms with E-state index in [2.05, 4.69) is 47.9 Å². The summed E-state index contributed by atoms with van der Waals surface area (Å²) in [6, 6.07) is 2.47. The molecule has 1 aromatic heterocycles. The smallest absolute Gasteiger partial charge is 0.00881 e.